The number of nitrogen functional groups attached to an aromatic ring is 1. The molecule has 1 amide bonds. The van der Waals surface area contributed by atoms with Crippen LogP contribution in [0, 0.1) is 0 Å². The average molecular weight is 266 g/mol. The summed E-state index contributed by atoms with van der Waals surface area (Å²) < 4.78 is 4.69. The van der Waals surface area contributed by atoms with Gasteiger partial charge in [-0.1, -0.05) is 0 Å². The lowest BCUT2D eigenvalue weighted by atomic mass is 10.2. The Hall–Kier alpha value is -2.31. The first-order chi connectivity index (χ1) is 8.99. The Morgan fingerprint density at radius 3 is 2.79 bits per heavy atom. The topological polar surface area (TPSA) is 97.5 Å². The van der Waals surface area contributed by atoms with Crippen molar-refractivity contribution in [2.45, 2.75) is 6.92 Å². The molecule has 1 aromatic heterocycles. The summed E-state index contributed by atoms with van der Waals surface area (Å²) >= 11 is 0. The highest BCUT2D eigenvalue weighted by atomic mass is 16.5. The second kappa shape index (κ2) is 6.58. The largest absolute Gasteiger partial charge is 0.465 e. The molecular weight excluding hydrogens is 248 g/mol. The molecule has 3 N–H and O–H groups in total. The normalized spacial score (nSPS) is 9.84. The van der Waals surface area contributed by atoms with Crippen LogP contribution in [0.15, 0.2) is 12.3 Å². The van der Waals surface area contributed by atoms with Gasteiger partial charge in [0.25, 0.3) is 0 Å². The van der Waals surface area contributed by atoms with Gasteiger partial charge < -0.3 is 20.7 Å². The summed E-state index contributed by atoms with van der Waals surface area (Å²) in [4.78, 5) is 28.7. The van der Waals surface area contributed by atoms with Gasteiger partial charge in [0.2, 0.25) is 5.91 Å². The number of pyridine rings is 1. The molecule has 0 aliphatic rings. The number of likely N-dealkylation sites (N-methyl/N-ethyl adjacent to an activating group) is 2. The zero-order chi connectivity index (χ0) is 14.4. The maximum atomic E-state index is 11.7. The van der Waals surface area contributed by atoms with Gasteiger partial charge in [-0.2, -0.15) is 0 Å². The predicted octanol–water partition coefficient (Wildman–Crippen LogP) is 0.0227. The summed E-state index contributed by atoms with van der Waals surface area (Å²) in [7, 11) is 2.97. The van der Waals surface area contributed by atoms with E-state index in [0.29, 0.717) is 12.2 Å². The van der Waals surface area contributed by atoms with Gasteiger partial charge in [0, 0.05) is 13.6 Å². The van der Waals surface area contributed by atoms with E-state index < -0.39 is 5.97 Å². The quantitative estimate of drug-likeness (QED) is 0.729. The summed E-state index contributed by atoms with van der Waals surface area (Å²) in [5.74, 6) is -0.444. The van der Waals surface area contributed by atoms with Crippen molar-refractivity contribution in [3.63, 3.8) is 0 Å². The first-order valence-electron chi connectivity index (χ1n) is 5.81. The number of hydrogen-bond donors (Lipinski definition) is 2. The number of nitrogens with one attached hydrogen (secondary N) is 1. The summed E-state index contributed by atoms with van der Waals surface area (Å²) in [6, 6.07) is 1.43. The number of hydrogen-bond acceptors (Lipinski definition) is 6. The molecule has 1 rings (SSSR count). The van der Waals surface area contributed by atoms with Crippen LogP contribution in [0.4, 0.5) is 11.5 Å². The molecule has 0 bridgehead atoms. The smallest absolute Gasteiger partial charge is 0.340 e. The van der Waals surface area contributed by atoms with Gasteiger partial charge in [0.1, 0.15) is 5.82 Å². The van der Waals surface area contributed by atoms with Crippen LogP contribution in [0.2, 0.25) is 0 Å². The highest BCUT2D eigenvalue weighted by molar-refractivity contribution is 5.97. The van der Waals surface area contributed by atoms with E-state index in [1.807, 2.05) is 6.92 Å². The molecule has 0 saturated heterocycles. The van der Waals surface area contributed by atoms with Gasteiger partial charge in [0.05, 0.1) is 31.1 Å². The van der Waals surface area contributed by atoms with Crippen molar-refractivity contribution in [2.24, 2.45) is 0 Å². The van der Waals surface area contributed by atoms with E-state index in [2.05, 4.69) is 15.0 Å². The maximum absolute atomic E-state index is 11.7. The fourth-order valence-electron chi connectivity index (χ4n) is 1.60. The summed E-state index contributed by atoms with van der Waals surface area (Å²) in [5.41, 5.74) is 6.32. The molecule has 0 atom stereocenters. The Morgan fingerprint density at radius 1 is 1.53 bits per heavy atom. The van der Waals surface area contributed by atoms with Gasteiger partial charge in [-0.05, 0) is 13.0 Å². The third kappa shape index (κ3) is 3.84. The predicted molar refractivity (Wildman–Crippen MR) is 71.9 cm³/mol. The van der Waals surface area contributed by atoms with Crippen molar-refractivity contribution >= 4 is 23.4 Å². The number of amides is 1. The molecule has 0 radical (unpaired) electrons. The van der Waals surface area contributed by atoms with Crippen LogP contribution in [0.3, 0.4) is 0 Å². The minimum absolute atomic E-state index is 0.115. The number of nitrogens with two attached hydrogens (primary N) is 1. The van der Waals surface area contributed by atoms with E-state index >= 15 is 0 Å². The van der Waals surface area contributed by atoms with Crippen molar-refractivity contribution in [1.29, 1.82) is 0 Å². The Balaban J connectivity index is 2.98. The molecule has 0 aliphatic carbocycles. The monoisotopic (exact) mass is 266 g/mol. The zero-order valence-corrected chi connectivity index (χ0v) is 11.3. The molecule has 104 valence electrons. The number of nitrogens with zero attached hydrogens (tertiary/aromatic N) is 2. The fourth-order valence-corrected chi connectivity index (χ4v) is 1.60. The third-order valence-electron chi connectivity index (χ3n) is 2.48. The number of rotatable bonds is 5. The number of esters is 1. The lowest BCUT2D eigenvalue weighted by Crippen LogP contribution is -2.35. The number of ether oxygens (including phenoxy) is 1. The molecule has 1 aromatic rings. The molecule has 1 heterocycles. The van der Waals surface area contributed by atoms with E-state index in [9.17, 15) is 9.59 Å². The van der Waals surface area contributed by atoms with Gasteiger partial charge in [-0.25, -0.2) is 9.78 Å². The molecule has 0 saturated carbocycles. The summed E-state index contributed by atoms with van der Waals surface area (Å²) in [6.45, 7) is 2.50. The Labute approximate surface area is 111 Å². The van der Waals surface area contributed by atoms with E-state index in [1.54, 1.807) is 11.9 Å². The van der Waals surface area contributed by atoms with Gasteiger partial charge >= 0.3 is 5.97 Å². The summed E-state index contributed by atoms with van der Waals surface area (Å²) in [5, 5.41) is 2.68. The SMILES string of the molecule is CCNC(=O)CN(C)c1cnc(N)cc1C(=O)OC. The molecular formula is C12H18N4O3. The van der Waals surface area contributed by atoms with E-state index in [0.717, 1.165) is 0 Å². The number of anilines is 2. The van der Waals surface area contributed by atoms with Crippen molar-refractivity contribution in [3.8, 4) is 0 Å². The highest BCUT2D eigenvalue weighted by Crippen LogP contribution is 2.20. The fraction of sp³-hybridized carbons (Fsp3) is 0.417. The zero-order valence-electron chi connectivity index (χ0n) is 11.3. The van der Waals surface area contributed by atoms with Gasteiger partial charge in [0.15, 0.2) is 0 Å². The average Bonchev–Trinajstić information content (AvgIpc) is 2.37. The van der Waals surface area contributed by atoms with Crippen molar-refractivity contribution in [2.75, 3.05) is 37.9 Å². The van der Waals surface area contributed by atoms with Crippen LogP contribution in [-0.2, 0) is 9.53 Å². The molecule has 7 heteroatoms. The lowest BCUT2D eigenvalue weighted by Gasteiger charge is -2.20. The second-order valence-corrected chi connectivity index (χ2v) is 3.93. The Kier molecular flexibility index (Phi) is 5.11. The van der Waals surface area contributed by atoms with E-state index in [1.165, 1.54) is 19.4 Å². The molecule has 0 fully saturated rings. The van der Waals surface area contributed by atoms with Gasteiger partial charge in [-0.3, -0.25) is 4.79 Å². The number of carbonyl (C=O) groups is 2. The standard InChI is InChI=1S/C12H18N4O3/c1-4-14-11(17)7-16(2)9-6-15-10(13)5-8(9)12(18)19-3/h5-6H,4,7H2,1-3H3,(H2,13,15)(H,14,17). The first kappa shape index (κ1) is 14.7. The molecule has 0 spiro atoms. The molecule has 0 aliphatic heterocycles. The van der Waals surface area contributed by atoms with Crippen LogP contribution in [0.1, 0.15) is 17.3 Å². The van der Waals surface area contributed by atoms with Crippen LogP contribution < -0.4 is 16.0 Å². The van der Waals surface area contributed by atoms with Crippen molar-refractivity contribution in [1.82, 2.24) is 10.3 Å². The minimum atomic E-state index is -0.521. The lowest BCUT2D eigenvalue weighted by molar-refractivity contribution is -0.119. The first-order valence-corrected chi connectivity index (χ1v) is 5.81. The molecule has 19 heavy (non-hydrogen) atoms. The van der Waals surface area contributed by atoms with Crippen molar-refractivity contribution in [3.05, 3.63) is 17.8 Å². The second-order valence-electron chi connectivity index (χ2n) is 3.93. The van der Waals surface area contributed by atoms with Crippen LogP contribution in [0.25, 0.3) is 0 Å². The molecule has 0 aromatic carbocycles. The van der Waals surface area contributed by atoms with Crippen LogP contribution in [-0.4, -0.2) is 44.1 Å². The minimum Gasteiger partial charge on any atom is -0.465 e. The Morgan fingerprint density at radius 2 is 2.21 bits per heavy atom. The number of aromatic nitrogens is 1. The number of carbonyl (C=O) groups excluding carboxylic acids is 2. The van der Waals surface area contributed by atoms with Crippen LogP contribution >= 0.6 is 0 Å². The Bertz CT molecular complexity index is 476. The summed E-state index contributed by atoms with van der Waals surface area (Å²) in [6.07, 6.45) is 1.45. The molecule has 7 nitrogen and oxygen atoms in total. The van der Waals surface area contributed by atoms with Crippen molar-refractivity contribution < 1.29 is 14.3 Å². The highest BCUT2D eigenvalue weighted by Gasteiger charge is 2.17. The van der Waals surface area contributed by atoms with Gasteiger partial charge in [-0.15, -0.1) is 0 Å². The maximum Gasteiger partial charge on any atom is 0.340 e. The van der Waals surface area contributed by atoms with E-state index in [4.69, 9.17) is 5.73 Å². The van der Waals surface area contributed by atoms with Crippen LogP contribution in [0.5, 0.6) is 0 Å². The number of methoxy groups -OCH3 is 1. The van der Waals surface area contributed by atoms with E-state index in [-0.39, 0.29) is 23.8 Å². The third-order valence-corrected chi connectivity index (χ3v) is 2.48. The molecule has 0 unspecified atom stereocenters.